The van der Waals surface area contributed by atoms with Gasteiger partial charge in [0.15, 0.2) is 0 Å². The predicted molar refractivity (Wildman–Crippen MR) is 96.8 cm³/mol. The summed E-state index contributed by atoms with van der Waals surface area (Å²) in [6, 6.07) is 17.5. The van der Waals surface area contributed by atoms with Crippen molar-refractivity contribution in [3.05, 3.63) is 71.1 Å². The van der Waals surface area contributed by atoms with Crippen molar-refractivity contribution in [1.82, 2.24) is 4.72 Å². The molecule has 0 atom stereocenters. The number of carbonyl (C=O) groups excluding carboxylic acids is 1. The molecule has 0 heterocycles. The molecule has 0 fully saturated rings. The van der Waals surface area contributed by atoms with Crippen molar-refractivity contribution < 1.29 is 13.2 Å². The Morgan fingerprint density at radius 1 is 1.12 bits per heavy atom. The van der Waals surface area contributed by atoms with E-state index in [-0.39, 0.29) is 18.9 Å². The van der Waals surface area contributed by atoms with Crippen LogP contribution >= 0.6 is 0 Å². The molecule has 25 heavy (non-hydrogen) atoms. The summed E-state index contributed by atoms with van der Waals surface area (Å²) in [5, 5.41) is 12.5. The van der Waals surface area contributed by atoms with E-state index in [1.54, 1.807) is 36.4 Å². The van der Waals surface area contributed by atoms with Crippen molar-refractivity contribution in [2.45, 2.75) is 6.42 Å². The molecule has 2 aromatic carbocycles. The lowest BCUT2D eigenvalue weighted by molar-refractivity contribution is -0.116. The van der Waals surface area contributed by atoms with Crippen LogP contribution in [0.3, 0.4) is 0 Å². The summed E-state index contributed by atoms with van der Waals surface area (Å²) < 4.78 is 26.1. The van der Waals surface area contributed by atoms with Gasteiger partial charge in [-0.1, -0.05) is 36.4 Å². The molecule has 1 amide bonds. The first kappa shape index (κ1) is 18.4. The summed E-state index contributed by atoms with van der Waals surface area (Å²) in [5.74, 6) is -0.343. The molecular weight excluding hydrogens is 338 g/mol. The molecule has 2 aromatic rings. The number of nitrogens with one attached hydrogen (secondary N) is 2. The fraction of sp³-hybridized carbons (Fsp3) is 0.111. The maximum absolute atomic E-state index is 11.9. The number of anilines is 1. The molecule has 6 nitrogen and oxygen atoms in total. The van der Waals surface area contributed by atoms with Gasteiger partial charge >= 0.3 is 0 Å². The van der Waals surface area contributed by atoms with Gasteiger partial charge in [0.1, 0.15) is 0 Å². The lowest BCUT2D eigenvalue weighted by atomic mass is 10.2. The van der Waals surface area contributed by atoms with Gasteiger partial charge in [-0.05, 0) is 29.8 Å². The van der Waals surface area contributed by atoms with Crippen LogP contribution in [0.1, 0.15) is 17.5 Å². The van der Waals surface area contributed by atoms with E-state index in [1.165, 1.54) is 6.08 Å². The Hall–Kier alpha value is -2.95. The van der Waals surface area contributed by atoms with Crippen molar-refractivity contribution in [2.75, 3.05) is 11.9 Å². The van der Waals surface area contributed by atoms with E-state index in [9.17, 15) is 13.2 Å². The predicted octanol–water partition coefficient (Wildman–Crippen LogP) is 2.48. The molecule has 2 rings (SSSR count). The number of benzene rings is 2. The second kappa shape index (κ2) is 8.78. The number of hydrogen-bond donors (Lipinski definition) is 2. The minimum atomic E-state index is -3.61. The average Bonchev–Trinajstić information content (AvgIpc) is 2.61. The highest BCUT2D eigenvalue weighted by Gasteiger charge is 2.07. The first-order valence-electron chi connectivity index (χ1n) is 7.51. The van der Waals surface area contributed by atoms with Gasteiger partial charge in [0.25, 0.3) is 0 Å². The molecule has 0 aliphatic rings. The molecule has 0 radical (unpaired) electrons. The number of carbonyl (C=O) groups is 1. The molecule has 0 aliphatic heterocycles. The third kappa shape index (κ3) is 6.59. The van der Waals surface area contributed by atoms with E-state index < -0.39 is 10.0 Å². The Morgan fingerprint density at radius 3 is 2.60 bits per heavy atom. The highest BCUT2D eigenvalue weighted by molar-refractivity contribution is 7.92. The zero-order valence-corrected chi connectivity index (χ0v) is 14.2. The van der Waals surface area contributed by atoms with Crippen molar-refractivity contribution in [3.63, 3.8) is 0 Å². The van der Waals surface area contributed by atoms with Gasteiger partial charge < -0.3 is 5.32 Å². The maximum Gasteiger partial charge on any atom is 0.233 e. The smallest absolute Gasteiger partial charge is 0.233 e. The number of hydrogen-bond acceptors (Lipinski definition) is 4. The molecule has 0 bridgehead atoms. The normalized spacial score (nSPS) is 11.2. The van der Waals surface area contributed by atoms with Crippen LogP contribution in [0.15, 0.2) is 60.0 Å². The van der Waals surface area contributed by atoms with Crippen molar-refractivity contribution in [3.8, 4) is 6.07 Å². The average molecular weight is 355 g/mol. The van der Waals surface area contributed by atoms with Crippen LogP contribution in [0.2, 0.25) is 0 Å². The summed E-state index contributed by atoms with van der Waals surface area (Å²) >= 11 is 0. The van der Waals surface area contributed by atoms with Gasteiger partial charge in [-0.25, -0.2) is 13.1 Å². The molecule has 128 valence electrons. The van der Waals surface area contributed by atoms with Gasteiger partial charge in [-0.15, -0.1) is 0 Å². The van der Waals surface area contributed by atoms with Crippen LogP contribution < -0.4 is 10.0 Å². The van der Waals surface area contributed by atoms with Gasteiger partial charge in [-0.2, -0.15) is 5.26 Å². The van der Waals surface area contributed by atoms with Crippen molar-refractivity contribution >= 4 is 27.7 Å². The summed E-state index contributed by atoms with van der Waals surface area (Å²) in [4.78, 5) is 11.8. The van der Waals surface area contributed by atoms with Gasteiger partial charge in [-0.3, -0.25) is 4.79 Å². The SMILES string of the molecule is N#Cc1cccc(NC(=O)CCNS(=O)(=O)/C=C/c2ccccc2)c1. The van der Waals surface area contributed by atoms with E-state index in [0.29, 0.717) is 11.3 Å². The number of sulfonamides is 1. The van der Waals surface area contributed by atoms with E-state index in [0.717, 1.165) is 11.0 Å². The summed E-state index contributed by atoms with van der Waals surface area (Å²) in [5.41, 5.74) is 1.70. The fourth-order valence-corrected chi connectivity index (χ4v) is 2.80. The Bertz CT molecular complexity index is 901. The van der Waals surface area contributed by atoms with Crippen LogP contribution in [0.25, 0.3) is 6.08 Å². The van der Waals surface area contributed by atoms with Crippen molar-refractivity contribution in [1.29, 1.82) is 5.26 Å². The van der Waals surface area contributed by atoms with Crippen LogP contribution in [-0.2, 0) is 14.8 Å². The van der Waals surface area contributed by atoms with E-state index in [4.69, 9.17) is 5.26 Å². The van der Waals surface area contributed by atoms with E-state index >= 15 is 0 Å². The van der Waals surface area contributed by atoms with E-state index in [1.807, 2.05) is 24.3 Å². The zero-order valence-electron chi connectivity index (χ0n) is 13.3. The highest BCUT2D eigenvalue weighted by Crippen LogP contribution is 2.10. The quantitative estimate of drug-likeness (QED) is 0.797. The van der Waals surface area contributed by atoms with Gasteiger partial charge in [0.2, 0.25) is 15.9 Å². The second-order valence-electron chi connectivity index (χ2n) is 5.14. The third-order valence-corrected chi connectivity index (χ3v) is 4.27. The minimum absolute atomic E-state index is 0.0187. The first-order valence-corrected chi connectivity index (χ1v) is 9.06. The van der Waals surface area contributed by atoms with Gasteiger partial charge in [0.05, 0.1) is 11.6 Å². The summed E-state index contributed by atoms with van der Waals surface area (Å²) in [6.45, 7) is -0.0226. The van der Waals surface area contributed by atoms with Crippen LogP contribution in [0.4, 0.5) is 5.69 Å². The third-order valence-electron chi connectivity index (χ3n) is 3.17. The molecule has 0 aliphatic carbocycles. The molecule has 0 saturated carbocycles. The number of nitriles is 1. The standard InChI is InChI=1S/C18H17N3O3S/c19-14-16-7-4-8-17(13-16)21-18(22)9-11-20-25(23,24)12-10-15-5-2-1-3-6-15/h1-8,10,12-13,20H,9,11H2,(H,21,22)/b12-10+. The Morgan fingerprint density at radius 2 is 1.88 bits per heavy atom. The fourth-order valence-electron chi connectivity index (χ4n) is 1.98. The number of rotatable bonds is 7. The van der Waals surface area contributed by atoms with Gasteiger partial charge in [0, 0.05) is 24.1 Å². The summed E-state index contributed by atoms with van der Waals surface area (Å²) in [7, 11) is -3.61. The van der Waals surface area contributed by atoms with Crippen LogP contribution in [0.5, 0.6) is 0 Å². The molecule has 0 unspecified atom stereocenters. The Balaban J connectivity index is 1.81. The molecule has 0 saturated heterocycles. The molecule has 2 N–H and O–H groups in total. The Kier molecular flexibility index (Phi) is 6.46. The minimum Gasteiger partial charge on any atom is -0.326 e. The zero-order chi connectivity index (χ0) is 18.1. The molecule has 0 spiro atoms. The van der Waals surface area contributed by atoms with Crippen LogP contribution in [0, 0.1) is 11.3 Å². The highest BCUT2D eigenvalue weighted by atomic mass is 32.2. The molecule has 7 heteroatoms. The van der Waals surface area contributed by atoms with Crippen LogP contribution in [-0.4, -0.2) is 20.9 Å². The number of amides is 1. The van der Waals surface area contributed by atoms with E-state index in [2.05, 4.69) is 10.0 Å². The molecular formula is C18H17N3O3S. The first-order chi connectivity index (χ1) is 12.0. The topological polar surface area (TPSA) is 99.1 Å². The van der Waals surface area contributed by atoms with Crippen molar-refractivity contribution in [2.24, 2.45) is 0 Å². The maximum atomic E-state index is 11.9. The number of nitrogens with zero attached hydrogens (tertiary/aromatic N) is 1. The monoisotopic (exact) mass is 355 g/mol. The second-order valence-corrected chi connectivity index (χ2v) is 6.79. The molecule has 0 aromatic heterocycles. The summed E-state index contributed by atoms with van der Waals surface area (Å²) in [6.07, 6.45) is 1.46. The lowest BCUT2D eigenvalue weighted by Gasteiger charge is -2.06. The largest absolute Gasteiger partial charge is 0.326 e. The Labute approximate surface area is 146 Å². The lowest BCUT2D eigenvalue weighted by Crippen LogP contribution is -2.26.